The van der Waals surface area contributed by atoms with E-state index in [2.05, 4.69) is 19.8 Å². The van der Waals surface area contributed by atoms with Crippen molar-refractivity contribution in [3.63, 3.8) is 0 Å². The van der Waals surface area contributed by atoms with Crippen molar-refractivity contribution < 1.29 is 4.52 Å². The molecule has 0 amide bonds. The first-order valence-corrected chi connectivity index (χ1v) is 7.06. The smallest absolute Gasteiger partial charge is 0.203 e. The summed E-state index contributed by atoms with van der Waals surface area (Å²) in [5, 5.41) is 7.99. The van der Waals surface area contributed by atoms with Crippen LogP contribution < -0.4 is 5.32 Å². The van der Waals surface area contributed by atoms with Gasteiger partial charge in [0.25, 0.3) is 0 Å². The van der Waals surface area contributed by atoms with Crippen molar-refractivity contribution in [2.75, 3.05) is 5.32 Å². The van der Waals surface area contributed by atoms with Crippen molar-refractivity contribution in [2.45, 2.75) is 20.4 Å². The number of aromatic nitrogens is 3. The first-order chi connectivity index (χ1) is 9.74. The Balaban J connectivity index is 1.72. The van der Waals surface area contributed by atoms with Gasteiger partial charge in [0, 0.05) is 29.2 Å². The second-order valence-electron chi connectivity index (χ2n) is 4.45. The SMILES string of the molecule is Cc1noc(C)c1CNc1nc(-c2ccccc2)ns1. The molecule has 1 N–H and O–H groups in total. The molecule has 0 aliphatic rings. The second kappa shape index (κ2) is 5.42. The monoisotopic (exact) mass is 286 g/mol. The van der Waals surface area contributed by atoms with E-state index < -0.39 is 0 Å². The van der Waals surface area contributed by atoms with Crippen LogP contribution in [0.3, 0.4) is 0 Å². The zero-order valence-corrected chi connectivity index (χ0v) is 12.1. The van der Waals surface area contributed by atoms with Crippen LogP contribution in [0.15, 0.2) is 34.9 Å². The molecule has 0 spiro atoms. The molecule has 0 saturated carbocycles. The fourth-order valence-electron chi connectivity index (χ4n) is 1.92. The van der Waals surface area contributed by atoms with Crippen LogP contribution in [0.1, 0.15) is 17.0 Å². The van der Waals surface area contributed by atoms with E-state index in [-0.39, 0.29) is 0 Å². The van der Waals surface area contributed by atoms with Gasteiger partial charge in [-0.15, -0.1) is 0 Å². The summed E-state index contributed by atoms with van der Waals surface area (Å²) >= 11 is 1.35. The third kappa shape index (κ3) is 2.55. The summed E-state index contributed by atoms with van der Waals surface area (Å²) in [7, 11) is 0. The third-order valence-electron chi connectivity index (χ3n) is 3.06. The van der Waals surface area contributed by atoms with E-state index in [1.807, 2.05) is 44.2 Å². The Morgan fingerprint density at radius 3 is 2.70 bits per heavy atom. The highest BCUT2D eigenvalue weighted by Crippen LogP contribution is 2.22. The van der Waals surface area contributed by atoms with Crippen LogP contribution in [0, 0.1) is 13.8 Å². The summed E-state index contributed by atoms with van der Waals surface area (Å²) in [6.07, 6.45) is 0. The minimum absolute atomic E-state index is 0.643. The first-order valence-electron chi connectivity index (χ1n) is 6.29. The number of hydrogen-bond donors (Lipinski definition) is 1. The first kappa shape index (κ1) is 12.8. The van der Waals surface area contributed by atoms with E-state index in [1.54, 1.807) is 0 Å². The Morgan fingerprint density at radius 1 is 1.20 bits per heavy atom. The predicted octanol–water partition coefficient (Wildman–Crippen LogP) is 3.42. The Bertz CT molecular complexity index is 686. The molecule has 0 fully saturated rings. The zero-order chi connectivity index (χ0) is 13.9. The molecule has 3 aromatic rings. The maximum absolute atomic E-state index is 5.14. The van der Waals surface area contributed by atoms with Crippen LogP contribution in [0.25, 0.3) is 11.4 Å². The molecule has 0 atom stereocenters. The quantitative estimate of drug-likeness (QED) is 0.796. The summed E-state index contributed by atoms with van der Waals surface area (Å²) < 4.78 is 9.50. The van der Waals surface area contributed by atoms with E-state index in [4.69, 9.17) is 4.52 Å². The molecule has 20 heavy (non-hydrogen) atoms. The molecule has 0 radical (unpaired) electrons. The van der Waals surface area contributed by atoms with Gasteiger partial charge in [-0.25, -0.2) is 0 Å². The lowest BCUT2D eigenvalue weighted by molar-refractivity contribution is 0.392. The molecule has 0 saturated heterocycles. The number of aryl methyl sites for hydroxylation is 2. The van der Waals surface area contributed by atoms with Crippen LogP contribution in [0.5, 0.6) is 0 Å². The highest BCUT2D eigenvalue weighted by atomic mass is 32.1. The maximum atomic E-state index is 5.14. The summed E-state index contributed by atoms with van der Waals surface area (Å²) in [6.45, 7) is 4.49. The van der Waals surface area contributed by atoms with Gasteiger partial charge in [0.05, 0.1) is 5.69 Å². The van der Waals surface area contributed by atoms with Crippen molar-refractivity contribution >= 4 is 16.7 Å². The molecule has 0 unspecified atom stereocenters. The molecule has 1 aromatic carbocycles. The van der Waals surface area contributed by atoms with Gasteiger partial charge < -0.3 is 9.84 Å². The van der Waals surface area contributed by atoms with Gasteiger partial charge in [-0.05, 0) is 13.8 Å². The standard InChI is InChI=1S/C14H14N4OS/c1-9-12(10(2)19-17-9)8-15-14-16-13(18-20-14)11-6-4-3-5-7-11/h3-7H,8H2,1-2H3,(H,15,16,18). The lowest BCUT2D eigenvalue weighted by atomic mass is 10.2. The Kier molecular flexibility index (Phi) is 3.47. The number of benzene rings is 1. The summed E-state index contributed by atoms with van der Waals surface area (Å²) in [4.78, 5) is 4.48. The van der Waals surface area contributed by atoms with Gasteiger partial charge >= 0.3 is 0 Å². The van der Waals surface area contributed by atoms with Gasteiger partial charge in [-0.3, -0.25) is 0 Å². The molecular weight excluding hydrogens is 272 g/mol. The molecule has 2 heterocycles. The Labute approximate surface area is 120 Å². The summed E-state index contributed by atoms with van der Waals surface area (Å²) in [5.74, 6) is 1.58. The van der Waals surface area contributed by atoms with Crippen molar-refractivity contribution in [2.24, 2.45) is 0 Å². The number of rotatable bonds is 4. The molecule has 3 rings (SSSR count). The van der Waals surface area contributed by atoms with Crippen molar-refractivity contribution in [3.05, 3.63) is 47.3 Å². The minimum atomic E-state index is 0.643. The van der Waals surface area contributed by atoms with Crippen LogP contribution >= 0.6 is 11.5 Å². The summed E-state index contributed by atoms with van der Waals surface area (Å²) in [5.41, 5.74) is 3.00. The van der Waals surface area contributed by atoms with Gasteiger partial charge in [-0.2, -0.15) is 9.36 Å². The van der Waals surface area contributed by atoms with E-state index in [0.717, 1.165) is 33.5 Å². The Morgan fingerprint density at radius 2 is 2.00 bits per heavy atom. The predicted molar refractivity (Wildman–Crippen MR) is 78.6 cm³/mol. The molecule has 0 aliphatic heterocycles. The van der Waals surface area contributed by atoms with Crippen LogP contribution in [-0.2, 0) is 6.54 Å². The fraction of sp³-hybridized carbons (Fsp3) is 0.214. The molecular formula is C14H14N4OS. The number of nitrogens with one attached hydrogen (secondary N) is 1. The van der Waals surface area contributed by atoms with Gasteiger partial charge in [0.15, 0.2) is 5.82 Å². The molecule has 0 aliphatic carbocycles. The topological polar surface area (TPSA) is 63.8 Å². The highest BCUT2D eigenvalue weighted by Gasteiger charge is 2.10. The van der Waals surface area contributed by atoms with Gasteiger partial charge in [0.1, 0.15) is 5.76 Å². The normalized spacial score (nSPS) is 10.7. The van der Waals surface area contributed by atoms with Crippen molar-refractivity contribution in [1.82, 2.24) is 14.5 Å². The fourth-order valence-corrected chi connectivity index (χ4v) is 2.50. The lowest BCUT2D eigenvalue weighted by Gasteiger charge is -2.00. The highest BCUT2D eigenvalue weighted by molar-refractivity contribution is 7.09. The van der Waals surface area contributed by atoms with E-state index in [1.165, 1.54) is 11.5 Å². The average molecular weight is 286 g/mol. The van der Waals surface area contributed by atoms with E-state index in [9.17, 15) is 0 Å². The van der Waals surface area contributed by atoms with Crippen LogP contribution in [0.4, 0.5) is 5.13 Å². The number of nitrogens with zero attached hydrogens (tertiary/aromatic N) is 3. The molecule has 5 nitrogen and oxygen atoms in total. The van der Waals surface area contributed by atoms with E-state index >= 15 is 0 Å². The number of hydrogen-bond acceptors (Lipinski definition) is 6. The van der Waals surface area contributed by atoms with Gasteiger partial charge in [-0.1, -0.05) is 35.5 Å². The second-order valence-corrected chi connectivity index (χ2v) is 5.20. The Hall–Kier alpha value is -2.21. The van der Waals surface area contributed by atoms with Gasteiger partial charge in [0.2, 0.25) is 5.13 Å². The minimum Gasteiger partial charge on any atom is -0.361 e. The summed E-state index contributed by atoms with van der Waals surface area (Å²) in [6, 6.07) is 9.94. The number of anilines is 1. The average Bonchev–Trinajstić information content (AvgIpc) is 3.06. The van der Waals surface area contributed by atoms with Crippen molar-refractivity contribution in [3.8, 4) is 11.4 Å². The third-order valence-corrected chi connectivity index (χ3v) is 3.73. The van der Waals surface area contributed by atoms with Crippen LogP contribution in [0.2, 0.25) is 0 Å². The molecule has 2 aromatic heterocycles. The largest absolute Gasteiger partial charge is 0.361 e. The molecule has 102 valence electrons. The molecule has 6 heteroatoms. The lowest BCUT2D eigenvalue weighted by Crippen LogP contribution is -2.00. The zero-order valence-electron chi connectivity index (χ0n) is 11.3. The van der Waals surface area contributed by atoms with Crippen molar-refractivity contribution in [1.29, 1.82) is 0 Å². The van der Waals surface area contributed by atoms with E-state index in [0.29, 0.717) is 6.54 Å². The maximum Gasteiger partial charge on any atom is 0.203 e. The van der Waals surface area contributed by atoms with Crippen LogP contribution in [-0.4, -0.2) is 14.5 Å². The molecule has 0 bridgehead atoms.